The van der Waals surface area contributed by atoms with Crippen molar-refractivity contribution in [2.24, 2.45) is 0 Å². The number of pyridine rings is 1. The van der Waals surface area contributed by atoms with Crippen molar-refractivity contribution in [3.63, 3.8) is 0 Å². The second-order valence-corrected chi connectivity index (χ2v) is 9.10. The Balaban J connectivity index is 1.74. The van der Waals surface area contributed by atoms with E-state index in [-0.39, 0.29) is 11.1 Å². The number of H-pyrrole nitrogens is 1. The van der Waals surface area contributed by atoms with Crippen LogP contribution in [0.3, 0.4) is 0 Å². The van der Waals surface area contributed by atoms with Gasteiger partial charge in [-0.2, -0.15) is 0 Å². The number of fused-ring (bicyclic) bond motifs is 2. The van der Waals surface area contributed by atoms with Gasteiger partial charge in [0, 0.05) is 23.9 Å². The van der Waals surface area contributed by atoms with E-state index in [2.05, 4.69) is 64.4 Å². The van der Waals surface area contributed by atoms with Crippen LogP contribution in [-0.4, -0.2) is 38.8 Å². The number of anilines is 1. The van der Waals surface area contributed by atoms with E-state index in [4.69, 9.17) is 4.74 Å². The Kier molecular flexibility index (Phi) is 5.15. The summed E-state index contributed by atoms with van der Waals surface area (Å²) in [5.74, 6) is 1.36. The SMILES string of the molecule is CCC(C)(C)n1nnnc1[C@H](c1cc2ccc(OC)cc2[nH]c1=O)N1CCc2ccccc21. The molecular formula is C25H28N6O2. The molecule has 2 aromatic heterocycles. The van der Waals surface area contributed by atoms with Crippen LogP contribution in [0.25, 0.3) is 10.9 Å². The molecule has 5 rings (SSSR count). The van der Waals surface area contributed by atoms with Crippen LogP contribution < -0.4 is 15.2 Å². The first kappa shape index (κ1) is 21.2. The monoisotopic (exact) mass is 444 g/mol. The molecule has 8 nitrogen and oxygen atoms in total. The zero-order valence-electron chi connectivity index (χ0n) is 19.4. The third kappa shape index (κ3) is 3.55. The molecule has 3 heterocycles. The molecule has 170 valence electrons. The predicted molar refractivity (Wildman–Crippen MR) is 128 cm³/mol. The lowest BCUT2D eigenvalue weighted by molar-refractivity contribution is 0.287. The van der Waals surface area contributed by atoms with Gasteiger partial charge in [0.05, 0.1) is 18.2 Å². The van der Waals surface area contributed by atoms with Crippen molar-refractivity contribution in [2.45, 2.75) is 45.2 Å². The topological polar surface area (TPSA) is 88.9 Å². The van der Waals surface area contributed by atoms with E-state index >= 15 is 0 Å². The van der Waals surface area contributed by atoms with Crippen LogP contribution in [0.5, 0.6) is 5.75 Å². The molecule has 0 fully saturated rings. The van der Waals surface area contributed by atoms with Gasteiger partial charge in [0.15, 0.2) is 5.82 Å². The van der Waals surface area contributed by atoms with Gasteiger partial charge in [0.1, 0.15) is 11.8 Å². The van der Waals surface area contributed by atoms with Gasteiger partial charge in [-0.15, -0.1) is 5.10 Å². The Bertz CT molecular complexity index is 1370. The second kappa shape index (κ2) is 8.03. The number of hydrogen-bond acceptors (Lipinski definition) is 6. The number of hydrogen-bond donors (Lipinski definition) is 1. The quantitative estimate of drug-likeness (QED) is 0.486. The molecular weight excluding hydrogens is 416 g/mol. The number of ether oxygens (including phenoxy) is 1. The number of nitrogens with zero attached hydrogens (tertiary/aromatic N) is 5. The predicted octanol–water partition coefficient (Wildman–Crippen LogP) is 3.82. The summed E-state index contributed by atoms with van der Waals surface area (Å²) >= 11 is 0. The van der Waals surface area contributed by atoms with Crippen molar-refractivity contribution in [1.82, 2.24) is 25.2 Å². The first-order valence-corrected chi connectivity index (χ1v) is 11.3. The summed E-state index contributed by atoms with van der Waals surface area (Å²) in [4.78, 5) is 18.8. The van der Waals surface area contributed by atoms with Crippen molar-refractivity contribution in [3.05, 3.63) is 75.8 Å². The number of tetrazole rings is 1. The molecule has 0 amide bonds. The molecule has 0 bridgehead atoms. The highest BCUT2D eigenvalue weighted by Crippen LogP contribution is 2.38. The van der Waals surface area contributed by atoms with Gasteiger partial charge in [-0.3, -0.25) is 4.79 Å². The van der Waals surface area contributed by atoms with Gasteiger partial charge in [0.25, 0.3) is 5.56 Å². The normalized spacial score (nSPS) is 14.5. The van der Waals surface area contributed by atoms with Gasteiger partial charge in [-0.1, -0.05) is 25.1 Å². The van der Waals surface area contributed by atoms with Gasteiger partial charge in [-0.05, 0) is 72.3 Å². The Morgan fingerprint density at radius 1 is 1.18 bits per heavy atom. The van der Waals surface area contributed by atoms with E-state index in [0.29, 0.717) is 17.1 Å². The van der Waals surface area contributed by atoms with E-state index in [1.54, 1.807) is 7.11 Å². The number of aromatic nitrogens is 5. The molecule has 1 atom stereocenters. The van der Waals surface area contributed by atoms with E-state index < -0.39 is 6.04 Å². The van der Waals surface area contributed by atoms with Crippen molar-refractivity contribution >= 4 is 16.6 Å². The highest BCUT2D eigenvalue weighted by Gasteiger charge is 2.36. The minimum atomic E-state index is -0.426. The number of rotatable bonds is 6. The largest absolute Gasteiger partial charge is 0.497 e. The molecule has 0 saturated heterocycles. The lowest BCUT2D eigenvalue weighted by Gasteiger charge is -2.32. The summed E-state index contributed by atoms with van der Waals surface area (Å²) in [6.45, 7) is 7.11. The lowest BCUT2D eigenvalue weighted by atomic mass is 9.99. The zero-order valence-corrected chi connectivity index (χ0v) is 19.4. The maximum absolute atomic E-state index is 13.5. The lowest BCUT2D eigenvalue weighted by Crippen LogP contribution is -2.37. The molecule has 0 spiro atoms. The first-order chi connectivity index (χ1) is 15.9. The minimum absolute atomic E-state index is 0.158. The fourth-order valence-corrected chi connectivity index (χ4v) is 4.55. The third-order valence-corrected chi connectivity index (χ3v) is 6.79. The van der Waals surface area contributed by atoms with Crippen molar-refractivity contribution in [2.75, 3.05) is 18.6 Å². The van der Waals surface area contributed by atoms with E-state index in [1.807, 2.05) is 35.0 Å². The van der Waals surface area contributed by atoms with Crippen molar-refractivity contribution in [1.29, 1.82) is 0 Å². The Labute approximate surface area is 192 Å². The highest BCUT2D eigenvalue weighted by molar-refractivity contribution is 5.81. The van der Waals surface area contributed by atoms with Gasteiger partial charge >= 0.3 is 0 Å². The standard InChI is InChI=1S/C25H28N6O2/c1-5-25(2,3)31-23(27-28-29-31)22(30-13-12-16-8-6-7-9-21(16)30)19-14-17-10-11-18(33-4)15-20(17)26-24(19)32/h6-11,14-15,22H,5,12-13H2,1-4H3,(H,26,32)/t22-/m0/s1. The molecule has 0 radical (unpaired) electrons. The summed E-state index contributed by atoms with van der Waals surface area (Å²) in [6.07, 6.45) is 1.76. The average molecular weight is 445 g/mol. The molecule has 1 N–H and O–H groups in total. The van der Waals surface area contributed by atoms with Crippen LogP contribution in [0.4, 0.5) is 5.69 Å². The summed E-state index contributed by atoms with van der Waals surface area (Å²) in [6, 6.07) is 15.6. The maximum Gasteiger partial charge on any atom is 0.254 e. The maximum atomic E-state index is 13.5. The zero-order chi connectivity index (χ0) is 23.2. The number of para-hydroxylation sites is 1. The molecule has 1 aliphatic rings. The summed E-state index contributed by atoms with van der Waals surface area (Å²) in [5, 5.41) is 13.8. The smallest absolute Gasteiger partial charge is 0.254 e. The molecule has 2 aromatic carbocycles. The third-order valence-electron chi connectivity index (χ3n) is 6.79. The molecule has 0 aliphatic carbocycles. The molecule has 0 unspecified atom stereocenters. The Morgan fingerprint density at radius 2 is 2.00 bits per heavy atom. The summed E-state index contributed by atoms with van der Waals surface area (Å²) < 4.78 is 7.20. The number of nitrogens with one attached hydrogen (secondary N) is 1. The molecule has 0 saturated carbocycles. The Hall–Kier alpha value is -3.68. The van der Waals surface area contributed by atoms with Crippen molar-refractivity contribution in [3.8, 4) is 5.75 Å². The van der Waals surface area contributed by atoms with Crippen LogP contribution in [0.15, 0.2) is 53.3 Å². The fourth-order valence-electron chi connectivity index (χ4n) is 4.55. The number of aromatic amines is 1. The van der Waals surface area contributed by atoms with Crippen molar-refractivity contribution < 1.29 is 4.74 Å². The first-order valence-electron chi connectivity index (χ1n) is 11.3. The summed E-state index contributed by atoms with van der Waals surface area (Å²) in [5.41, 5.74) is 3.27. The van der Waals surface area contributed by atoms with Crippen LogP contribution >= 0.6 is 0 Å². The van der Waals surface area contributed by atoms with Crippen LogP contribution in [0.1, 0.15) is 50.2 Å². The fraction of sp³-hybridized carbons (Fsp3) is 0.360. The second-order valence-electron chi connectivity index (χ2n) is 9.10. The molecule has 33 heavy (non-hydrogen) atoms. The van der Waals surface area contributed by atoms with E-state index in [0.717, 1.165) is 36.0 Å². The van der Waals surface area contributed by atoms with E-state index in [9.17, 15) is 4.79 Å². The molecule has 1 aliphatic heterocycles. The molecule has 8 heteroatoms. The average Bonchev–Trinajstić information content (AvgIpc) is 3.48. The molecule has 4 aromatic rings. The summed E-state index contributed by atoms with van der Waals surface area (Å²) in [7, 11) is 1.61. The van der Waals surface area contributed by atoms with Crippen LogP contribution in [0, 0.1) is 0 Å². The minimum Gasteiger partial charge on any atom is -0.497 e. The van der Waals surface area contributed by atoms with E-state index in [1.165, 1.54) is 5.56 Å². The van der Waals surface area contributed by atoms with Crippen LogP contribution in [-0.2, 0) is 12.0 Å². The van der Waals surface area contributed by atoms with Gasteiger partial charge < -0.3 is 14.6 Å². The van der Waals surface area contributed by atoms with Crippen LogP contribution in [0.2, 0.25) is 0 Å². The number of methoxy groups -OCH3 is 1. The number of benzene rings is 2. The highest BCUT2D eigenvalue weighted by atomic mass is 16.5. The van der Waals surface area contributed by atoms with Gasteiger partial charge in [0.2, 0.25) is 0 Å². The van der Waals surface area contributed by atoms with Gasteiger partial charge in [-0.25, -0.2) is 4.68 Å². The Morgan fingerprint density at radius 3 is 2.79 bits per heavy atom.